The van der Waals surface area contributed by atoms with E-state index in [9.17, 15) is 23.4 Å². The van der Waals surface area contributed by atoms with E-state index in [0.717, 1.165) is 82.6 Å². The number of carbonyl (C=O) groups is 1. The number of carbonyl (C=O) groups excluding carboxylic acids is 1. The highest BCUT2D eigenvalue weighted by atomic mass is 32.2. The maximum absolute atomic E-state index is 13.1. The molecule has 48 heavy (non-hydrogen) atoms. The molecule has 5 N–H and O–H groups in total. The summed E-state index contributed by atoms with van der Waals surface area (Å²) in [6, 6.07) is 10.3. The molecular weight excluding hydrogens is 626 g/mol. The predicted molar refractivity (Wildman–Crippen MR) is 181 cm³/mol. The van der Waals surface area contributed by atoms with Gasteiger partial charge in [0.1, 0.15) is 17.3 Å². The molecule has 260 valence electrons. The van der Waals surface area contributed by atoms with E-state index in [2.05, 4.69) is 25.6 Å². The Morgan fingerprint density at radius 3 is 1.83 bits per heavy atom. The van der Waals surface area contributed by atoms with E-state index in [1.807, 2.05) is 24.3 Å². The molecule has 2 aromatic carbocycles. The first-order chi connectivity index (χ1) is 22.9. The quantitative estimate of drug-likeness (QED) is 0.221. The van der Waals surface area contributed by atoms with Gasteiger partial charge in [0, 0.05) is 0 Å². The van der Waals surface area contributed by atoms with Crippen molar-refractivity contribution in [2.45, 2.75) is 121 Å². The van der Waals surface area contributed by atoms with Crippen LogP contribution in [0.2, 0.25) is 0 Å². The zero-order valence-electron chi connectivity index (χ0n) is 28.4. The highest BCUT2D eigenvalue weighted by Crippen LogP contribution is 2.62. The Bertz CT molecular complexity index is 1710. The molecule has 0 spiro atoms. The van der Waals surface area contributed by atoms with Crippen LogP contribution in [0.5, 0.6) is 11.5 Å². The van der Waals surface area contributed by atoms with Crippen LogP contribution < -0.4 is 14.7 Å². The third-order valence-electron chi connectivity index (χ3n) is 14.5. The van der Waals surface area contributed by atoms with Crippen molar-refractivity contribution < 1.29 is 38.1 Å². The van der Waals surface area contributed by atoms with Crippen LogP contribution >= 0.6 is 0 Å². The smallest absolute Gasteiger partial charge is 0.371 e. The first-order valence-corrected chi connectivity index (χ1v) is 20.0. The van der Waals surface area contributed by atoms with Crippen LogP contribution in [0.1, 0.15) is 112 Å². The summed E-state index contributed by atoms with van der Waals surface area (Å²) in [5.74, 6) is 2.55. The molecule has 0 bridgehead atoms. The molecule has 2 aromatic rings. The maximum Gasteiger partial charge on any atom is 0.371 e. The van der Waals surface area contributed by atoms with Crippen LogP contribution in [0, 0.1) is 34.5 Å². The largest absolute Gasteiger partial charge is 0.422 e. The summed E-state index contributed by atoms with van der Waals surface area (Å²) >= 11 is 0. The van der Waals surface area contributed by atoms with Crippen LogP contribution in [0.4, 0.5) is 0 Å². The molecular formula is C39H52NO7S+. The number of hydrogen-bond donors (Lipinski definition) is 3. The van der Waals surface area contributed by atoms with Gasteiger partial charge in [-0.25, -0.2) is 4.79 Å². The van der Waals surface area contributed by atoms with E-state index in [1.165, 1.54) is 16.7 Å². The highest BCUT2D eigenvalue weighted by molar-refractivity contribution is 7.87. The average Bonchev–Trinajstić information content (AvgIpc) is 3.53. The molecule has 6 aliphatic rings. The summed E-state index contributed by atoms with van der Waals surface area (Å²) in [5, 5.41) is 21.4. The number of hydrogen-bond acceptors (Lipinski definition) is 7. The maximum atomic E-state index is 13.1. The van der Waals surface area contributed by atoms with Crippen LogP contribution in [0.3, 0.4) is 0 Å². The lowest BCUT2D eigenvalue weighted by Crippen LogP contribution is -2.68. The molecule has 8 rings (SSSR count). The Kier molecular flexibility index (Phi) is 8.06. The van der Waals surface area contributed by atoms with Gasteiger partial charge in [-0.3, -0.25) is 0 Å². The van der Waals surface area contributed by atoms with Crippen molar-refractivity contribution in [3.8, 4) is 11.5 Å². The topological polar surface area (TPSA) is 138 Å². The standard InChI is InChI=1S/C39H51NO7S/c1-38-17-15-28-26-9-5-24(19-22(26)3-7-30(28)32(38)11-13-35(38)41)46-37(43)34(40)21-48(44,45)47-25-6-10-27-23(20-25)4-8-31-29(27)16-18-39(2)33(31)12-14-36(39)42/h5-6,9-10,19-20,28-36,41-42H,3-4,7-8,11-18,21,40H2,1-2H3/p+1/t28?,29?,30?,31?,32?,33?,34?,35-,36-,38-,39-/m0/s1. The van der Waals surface area contributed by atoms with Gasteiger partial charge in [0.25, 0.3) is 0 Å². The van der Waals surface area contributed by atoms with E-state index >= 15 is 0 Å². The van der Waals surface area contributed by atoms with Gasteiger partial charge in [-0.2, -0.15) is 8.42 Å². The molecule has 4 fully saturated rings. The van der Waals surface area contributed by atoms with Crippen LogP contribution in [0.15, 0.2) is 36.4 Å². The highest BCUT2D eigenvalue weighted by Gasteiger charge is 2.55. The summed E-state index contributed by atoms with van der Waals surface area (Å²) in [5.41, 5.74) is 8.83. The second-order valence-corrected chi connectivity index (χ2v) is 18.4. The molecule has 0 heterocycles. The second-order valence-electron chi connectivity index (χ2n) is 16.8. The zero-order chi connectivity index (χ0) is 33.6. The molecule has 0 radical (unpaired) electrons. The van der Waals surface area contributed by atoms with Gasteiger partial charge in [-0.15, -0.1) is 0 Å². The number of esters is 1. The predicted octanol–water partition coefficient (Wildman–Crippen LogP) is 5.05. The summed E-state index contributed by atoms with van der Waals surface area (Å²) in [4.78, 5) is 13.0. The Labute approximate surface area is 284 Å². The molecule has 0 aromatic heterocycles. The lowest BCUT2D eigenvalue weighted by molar-refractivity contribution is -0.400. The Hall–Kier alpha value is -2.46. The fourth-order valence-electron chi connectivity index (χ4n) is 11.9. The van der Waals surface area contributed by atoms with Crippen molar-refractivity contribution in [1.29, 1.82) is 0 Å². The Morgan fingerprint density at radius 2 is 1.29 bits per heavy atom. The fourth-order valence-corrected chi connectivity index (χ4v) is 13.0. The van der Waals surface area contributed by atoms with Crippen molar-refractivity contribution >= 4 is 16.1 Å². The molecule has 7 unspecified atom stereocenters. The molecule has 8 nitrogen and oxygen atoms in total. The summed E-state index contributed by atoms with van der Waals surface area (Å²) in [6.45, 7) is 4.54. The molecule has 4 saturated carbocycles. The van der Waals surface area contributed by atoms with Gasteiger partial charge in [0.05, 0.1) is 12.2 Å². The monoisotopic (exact) mass is 678 g/mol. The van der Waals surface area contributed by atoms with Crippen molar-refractivity contribution in [1.82, 2.24) is 0 Å². The number of rotatable bonds is 6. The van der Waals surface area contributed by atoms with Crippen LogP contribution in [-0.4, -0.2) is 48.6 Å². The van der Waals surface area contributed by atoms with Crippen molar-refractivity contribution in [2.75, 3.05) is 5.75 Å². The van der Waals surface area contributed by atoms with E-state index in [1.54, 1.807) is 6.07 Å². The molecule has 6 aliphatic carbocycles. The van der Waals surface area contributed by atoms with E-state index in [4.69, 9.17) is 8.92 Å². The number of quaternary nitrogens is 1. The van der Waals surface area contributed by atoms with Gasteiger partial charge >= 0.3 is 16.1 Å². The van der Waals surface area contributed by atoms with E-state index in [0.29, 0.717) is 41.3 Å². The molecule has 11 atom stereocenters. The van der Waals surface area contributed by atoms with Gasteiger partial charge < -0.3 is 24.9 Å². The van der Waals surface area contributed by atoms with Crippen molar-refractivity contribution in [3.05, 3.63) is 58.7 Å². The lowest BCUT2D eigenvalue weighted by Gasteiger charge is -2.50. The second kappa shape index (κ2) is 11.8. The normalized spacial score (nSPS) is 38.8. The summed E-state index contributed by atoms with van der Waals surface area (Å²) in [7, 11) is -4.10. The van der Waals surface area contributed by atoms with Gasteiger partial charge in [-0.1, -0.05) is 26.0 Å². The number of benzene rings is 2. The first-order valence-electron chi connectivity index (χ1n) is 18.4. The minimum Gasteiger partial charge on any atom is -0.422 e. The summed E-state index contributed by atoms with van der Waals surface area (Å²) in [6.07, 6.45) is 11.6. The zero-order valence-corrected chi connectivity index (χ0v) is 29.2. The first kappa shape index (κ1) is 32.7. The number of ether oxygens (including phenoxy) is 1. The minimum absolute atomic E-state index is 0.0180. The molecule has 9 heteroatoms. The average molecular weight is 679 g/mol. The minimum atomic E-state index is -4.10. The van der Waals surface area contributed by atoms with Gasteiger partial charge in [0.2, 0.25) is 6.04 Å². The fraction of sp³-hybridized carbons (Fsp3) is 0.667. The molecule has 0 saturated heterocycles. The molecule has 0 amide bonds. The summed E-state index contributed by atoms with van der Waals surface area (Å²) < 4.78 is 37.4. The van der Waals surface area contributed by atoms with Crippen molar-refractivity contribution in [3.63, 3.8) is 0 Å². The SMILES string of the molecule is C[C@]12CCC3c4ccc(OC(=O)C([NH3+])CS(=O)(=O)Oc5ccc6c(c5)CCC5C6CC[C@@]6(C)C5CC[C@@H]6O)cc4CCC3C1CC[C@@H]2O. The van der Waals surface area contributed by atoms with Gasteiger partial charge in [0.15, 0.2) is 0 Å². The number of fused-ring (bicyclic) bond motifs is 10. The number of aliphatic hydroxyl groups is 2. The third kappa shape index (κ3) is 5.33. The Morgan fingerprint density at radius 1 is 0.792 bits per heavy atom. The van der Waals surface area contributed by atoms with E-state index < -0.39 is 27.9 Å². The van der Waals surface area contributed by atoms with E-state index in [-0.39, 0.29) is 28.8 Å². The van der Waals surface area contributed by atoms with Crippen molar-refractivity contribution in [2.24, 2.45) is 34.5 Å². The molecule has 0 aliphatic heterocycles. The van der Waals surface area contributed by atoms with Crippen LogP contribution in [-0.2, 0) is 27.8 Å². The third-order valence-corrected chi connectivity index (χ3v) is 15.7. The van der Waals surface area contributed by atoms with Gasteiger partial charge in [-0.05, 0) is 170 Å². The lowest BCUT2D eigenvalue weighted by atomic mass is 9.55. The Balaban J connectivity index is 0.889. The van der Waals surface area contributed by atoms with Crippen LogP contribution in [0.25, 0.3) is 0 Å². The number of aryl methyl sites for hydroxylation is 2. The number of aliphatic hydroxyl groups excluding tert-OH is 2.